The third-order valence-corrected chi connectivity index (χ3v) is 2.96. The fourth-order valence-corrected chi connectivity index (χ4v) is 1.99. The van der Waals surface area contributed by atoms with Crippen LogP contribution in [0.4, 0.5) is 14.5 Å². The molecule has 0 saturated heterocycles. The van der Waals surface area contributed by atoms with Crippen LogP contribution in [0.25, 0.3) is 0 Å². The maximum atomic E-state index is 12.4. The molecule has 3 N–H and O–H groups in total. The summed E-state index contributed by atoms with van der Waals surface area (Å²) < 4.78 is 29.1. The van der Waals surface area contributed by atoms with Crippen molar-refractivity contribution in [1.82, 2.24) is 0 Å². The van der Waals surface area contributed by atoms with E-state index < -0.39 is 6.61 Å². The highest BCUT2D eigenvalue weighted by molar-refractivity contribution is 5.58. The molecule has 0 radical (unpaired) electrons. The molecule has 112 valence electrons. The number of halogens is 2. The second-order valence-corrected chi connectivity index (χ2v) is 4.48. The van der Waals surface area contributed by atoms with Crippen molar-refractivity contribution in [3.05, 3.63) is 48.0 Å². The molecule has 4 nitrogen and oxygen atoms in total. The normalized spacial score (nSPS) is 12.2. The Kier molecular flexibility index (Phi) is 4.47. The first kappa shape index (κ1) is 14.9. The molecule has 2 aromatic carbocycles. The highest BCUT2D eigenvalue weighted by Gasteiger charge is 2.14. The van der Waals surface area contributed by atoms with Crippen LogP contribution in [0.5, 0.6) is 17.2 Å². The van der Waals surface area contributed by atoms with E-state index in [1.165, 1.54) is 18.2 Å². The lowest BCUT2D eigenvalue weighted by Gasteiger charge is -2.19. The van der Waals surface area contributed by atoms with Crippen LogP contribution in [0.3, 0.4) is 0 Å². The zero-order valence-electron chi connectivity index (χ0n) is 11.3. The minimum Gasteiger partial charge on any atom is -0.508 e. The number of phenols is 2. The lowest BCUT2D eigenvalue weighted by molar-refractivity contribution is -0.0493. The number of hydrogen-bond donors (Lipinski definition) is 3. The largest absolute Gasteiger partial charge is 0.508 e. The molecular weight excluding hydrogens is 280 g/mol. The van der Waals surface area contributed by atoms with Crippen LogP contribution in [-0.2, 0) is 0 Å². The van der Waals surface area contributed by atoms with Crippen LogP contribution in [0.15, 0.2) is 42.5 Å². The van der Waals surface area contributed by atoms with Crippen molar-refractivity contribution in [1.29, 1.82) is 0 Å². The molecule has 0 amide bonds. The van der Waals surface area contributed by atoms with Gasteiger partial charge in [0.05, 0.1) is 11.7 Å². The van der Waals surface area contributed by atoms with E-state index in [0.29, 0.717) is 11.3 Å². The van der Waals surface area contributed by atoms with E-state index in [0.717, 1.165) is 0 Å². The fraction of sp³-hybridized carbons (Fsp3) is 0.200. The van der Waals surface area contributed by atoms with Gasteiger partial charge in [-0.15, -0.1) is 0 Å². The maximum absolute atomic E-state index is 12.4. The van der Waals surface area contributed by atoms with Gasteiger partial charge in [-0.3, -0.25) is 0 Å². The highest BCUT2D eigenvalue weighted by atomic mass is 19.3. The zero-order valence-corrected chi connectivity index (χ0v) is 11.3. The number of phenolic OH excluding ortho intramolecular Hbond substituents is 2. The number of benzene rings is 2. The minimum atomic E-state index is -2.91. The van der Waals surface area contributed by atoms with Gasteiger partial charge < -0.3 is 20.3 Å². The summed E-state index contributed by atoms with van der Waals surface area (Å²) in [7, 11) is 0. The van der Waals surface area contributed by atoms with Crippen LogP contribution in [0.1, 0.15) is 18.5 Å². The third kappa shape index (κ3) is 3.75. The number of nitrogens with one attached hydrogen (secondary N) is 1. The van der Waals surface area contributed by atoms with Gasteiger partial charge in [-0.1, -0.05) is 12.1 Å². The Morgan fingerprint density at radius 2 is 1.81 bits per heavy atom. The molecular formula is C15H15F2NO3. The number of hydrogen-bond acceptors (Lipinski definition) is 4. The smallest absolute Gasteiger partial charge is 0.387 e. The van der Waals surface area contributed by atoms with E-state index in [-0.39, 0.29) is 23.3 Å². The Labute approximate surface area is 120 Å². The van der Waals surface area contributed by atoms with Gasteiger partial charge in [0, 0.05) is 11.6 Å². The van der Waals surface area contributed by atoms with E-state index in [2.05, 4.69) is 10.1 Å². The minimum absolute atomic E-state index is 0.0256. The van der Waals surface area contributed by atoms with Crippen LogP contribution in [0.2, 0.25) is 0 Å². The average Bonchev–Trinajstić information content (AvgIpc) is 2.40. The predicted molar refractivity (Wildman–Crippen MR) is 74.9 cm³/mol. The number of para-hydroxylation sites is 2. The Bertz CT molecular complexity index is 620. The standard InChI is InChI=1S/C15H15F2NO3/c1-9(11-7-6-10(19)8-13(11)20)18-12-4-2-3-5-14(12)21-15(16)17/h2-9,15,18-20H,1H3. The molecule has 0 spiro atoms. The lowest BCUT2D eigenvalue weighted by Crippen LogP contribution is -2.10. The molecule has 0 bridgehead atoms. The predicted octanol–water partition coefficient (Wildman–Crippen LogP) is 3.87. The Balaban J connectivity index is 2.21. The summed E-state index contributed by atoms with van der Waals surface area (Å²) in [6.45, 7) is -1.16. The zero-order chi connectivity index (χ0) is 15.4. The van der Waals surface area contributed by atoms with Crippen LogP contribution >= 0.6 is 0 Å². The molecule has 0 aliphatic heterocycles. The average molecular weight is 295 g/mol. The van der Waals surface area contributed by atoms with Crippen molar-refractivity contribution in [3.8, 4) is 17.2 Å². The summed E-state index contributed by atoms with van der Waals surface area (Å²) in [4.78, 5) is 0. The quantitative estimate of drug-likeness (QED) is 0.783. The topological polar surface area (TPSA) is 61.7 Å². The molecule has 2 aromatic rings. The summed E-state index contributed by atoms with van der Waals surface area (Å²) in [5, 5.41) is 22.1. The van der Waals surface area contributed by atoms with Crippen molar-refractivity contribution in [2.45, 2.75) is 19.6 Å². The van der Waals surface area contributed by atoms with Crippen LogP contribution < -0.4 is 10.1 Å². The molecule has 6 heteroatoms. The summed E-state index contributed by atoms with van der Waals surface area (Å²) in [6.07, 6.45) is 0. The van der Waals surface area contributed by atoms with Gasteiger partial charge in [0.25, 0.3) is 0 Å². The van der Waals surface area contributed by atoms with E-state index in [1.807, 2.05) is 0 Å². The van der Waals surface area contributed by atoms with Gasteiger partial charge >= 0.3 is 6.61 Å². The van der Waals surface area contributed by atoms with E-state index in [9.17, 15) is 19.0 Å². The maximum Gasteiger partial charge on any atom is 0.387 e. The monoisotopic (exact) mass is 295 g/mol. The first-order valence-corrected chi connectivity index (χ1v) is 6.29. The first-order chi connectivity index (χ1) is 9.97. The molecule has 0 heterocycles. The Hall–Kier alpha value is -2.50. The summed E-state index contributed by atoms with van der Waals surface area (Å²) in [5.41, 5.74) is 0.914. The van der Waals surface area contributed by atoms with Crippen molar-refractivity contribution in [2.24, 2.45) is 0 Å². The summed E-state index contributed by atoms with van der Waals surface area (Å²) in [5.74, 6) is -0.107. The molecule has 0 aromatic heterocycles. The summed E-state index contributed by atoms with van der Waals surface area (Å²) >= 11 is 0. The second-order valence-electron chi connectivity index (χ2n) is 4.48. The van der Waals surface area contributed by atoms with Crippen LogP contribution in [0, 0.1) is 0 Å². The Morgan fingerprint density at radius 3 is 2.48 bits per heavy atom. The molecule has 1 unspecified atom stereocenters. The number of ether oxygens (including phenoxy) is 1. The van der Waals surface area contributed by atoms with Gasteiger partial charge in [-0.2, -0.15) is 8.78 Å². The molecule has 0 aliphatic rings. The van der Waals surface area contributed by atoms with Gasteiger partial charge in [0.2, 0.25) is 0 Å². The molecule has 2 rings (SSSR count). The third-order valence-electron chi connectivity index (χ3n) is 2.96. The lowest BCUT2D eigenvalue weighted by atomic mass is 10.1. The summed E-state index contributed by atoms with van der Waals surface area (Å²) in [6, 6.07) is 10.1. The molecule has 0 saturated carbocycles. The number of aromatic hydroxyl groups is 2. The van der Waals surface area contributed by atoms with Gasteiger partial charge in [0.1, 0.15) is 17.2 Å². The molecule has 0 fully saturated rings. The number of alkyl halides is 2. The molecule has 21 heavy (non-hydrogen) atoms. The number of rotatable bonds is 5. The van der Waals surface area contributed by atoms with Gasteiger partial charge in [-0.25, -0.2) is 0 Å². The van der Waals surface area contributed by atoms with Crippen LogP contribution in [-0.4, -0.2) is 16.8 Å². The SMILES string of the molecule is CC(Nc1ccccc1OC(F)F)c1ccc(O)cc1O. The fourth-order valence-electron chi connectivity index (χ4n) is 1.99. The molecule has 1 atom stereocenters. The van der Waals surface area contributed by atoms with Crippen molar-refractivity contribution < 1.29 is 23.7 Å². The highest BCUT2D eigenvalue weighted by Crippen LogP contribution is 2.33. The van der Waals surface area contributed by atoms with Crippen molar-refractivity contribution in [3.63, 3.8) is 0 Å². The first-order valence-electron chi connectivity index (χ1n) is 6.29. The Morgan fingerprint density at radius 1 is 1.10 bits per heavy atom. The van der Waals surface area contributed by atoms with E-state index in [1.54, 1.807) is 31.2 Å². The van der Waals surface area contributed by atoms with E-state index in [4.69, 9.17) is 0 Å². The van der Waals surface area contributed by atoms with Gasteiger partial charge in [0.15, 0.2) is 0 Å². The van der Waals surface area contributed by atoms with E-state index >= 15 is 0 Å². The van der Waals surface area contributed by atoms with Crippen molar-refractivity contribution in [2.75, 3.05) is 5.32 Å². The van der Waals surface area contributed by atoms with Gasteiger partial charge in [-0.05, 0) is 31.2 Å². The second kappa shape index (κ2) is 6.30. The van der Waals surface area contributed by atoms with Crippen molar-refractivity contribution >= 4 is 5.69 Å². The molecule has 0 aliphatic carbocycles. The number of anilines is 1.